The molecule has 0 bridgehead atoms. The Labute approximate surface area is 115 Å². The molecule has 1 aromatic heterocycles. The second-order valence-electron chi connectivity index (χ2n) is 5.84. The summed E-state index contributed by atoms with van der Waals surface area (Å²) in [6.45, 7) is 5.01. The Morgan fingerprint density at radius 3 is 2.63 bits per heavy atom. The number of carbonyl (C=O) groups is 1. The lowest BCUT2D eigenvalue weighted by molar-refractivity contribution is 0.0943. The number of carbonyl (C=O) groups excluding carboxylic acids is 1. The van der Waals surface area contributed by atoms with Crippen LogP contribution in [0.15, 0.2) is 18.3 Å². The SMILES string of the molecule is CC(C)c1ccc(C(=O)NCC2CCCCC2)cn1. The summed E-state index contributed by atoms with van der Waals surface area (Å²) in [5.41, 5.74) is 1.70. The van der Waals surface area contributed by atoms with Crippen molar-refractivity contribution >= 4 is 5.91 Å². The standard InChI is InChI=1S/C16H24N2O/c1-12(2)15-9-8-14(11-17-15)16(19)18-10-13-6-4-3-5-7-13/h8-9,11-13H,3-7,10H2,1-2H3,(H,18,19). The van der Waals surface area contributed by atoms with Crippen molar-refractivity contribution in [2.45, 2.75) is 51.9 Å². The molecule has 0 spiro atoms. The Kier molecular flexibility index (Phi) is 4.94. The van der Waals surface area contributed by atoms with E-state index in [0.717, 1.165) is 12.2 Å². The Bertz CT molecular complexity index is 405. The van der Waals surface area contributed by atoms with E-state index in [1.54, 1.807) is 6.20 Å². The fraction of sp³-hybridized carbons (Fsp3) is 0.625. The van der Waals surface area contributed by atoms with Crippen LogP contribution in [0, 0.1) is 5.92 Å². The summed E-state index contributed by atoms with van der Waals surface area (Å²) < 4.78 is 0. The zero-order chi connectivity index (χ0) is 13.7. The van der Waals surface area contributed by atoms with E-state index in [-0.39, 0.29) is 5.91 Å². The van der Waals surface area contributed by atoms with Gasteiger partial charge in [-0.05, 0) is 36.8 Å². The molecule has 1 heterocycles. The molecule has 3 heteroatoms. The Morgan fingerprint density at radius 2 is 2.05 bits per heavy atom. The van der Waals surface area contributed by atoms with Crippen LogP contribution in [-0.4, -0.2) is 17.4 Å². The highest BCUT2D eigenvalue weighted by Gasteiger charge is 2.15. The van der Waals surface area contributed by atoms with Crippen LogP contribution in [0.5, 0.6) is 0 Å². The third-order valence-corrected chi connectivity index (χ3v) is 3.92. The highest BCUT2D eigenvalue weighted by atomic mass is 16.1. The fourth-order valence-electron chi connectivity index (χ4n) is 2.61. The molecule has 0 aliphatic heterocycles. The number of hydrogen-bond donors (Lipinski definition) is 1. The van der Waals surface area contributed by atoms with Crippen LogP contribution in [0.25, 0.3) is 0 Å². The van der Waals surface area contributed by atoms with Crippen LogP contribution in [0.2, 0.25) is 0 Å². The van der Waals surface area contributed by atoms with E-state index in [9.17, 15) is 4.79 Å². The van der Waals surface area contributed by atoms with Gasteiger partial charge in [0.15, 0.2) is 0 Å². The van der Waals surface area contributed by atoms with Crippen molar-refractivity contribution in [3.63, 3.8) is 0 Å². The third-order valence-electron chi connectivity index (χ3n) is 3.92. The van der Waals surface area contributed by atoms with Crippen molar-refractivity contribution in [2.75, 3.05) is 6.54 Å². The molecule has 1 aromatic rings. The van der Waals surface area contributed by atoms with Crippen molar-refractivity contribution in [3.05, 3.63) is 29.6 Å². The minimum Gasteiger partial charge on any atom is -0.352 e. The number of pyridine rings is 1. The van der Waals surface area contributed by atoms with E-state index in [1.165, 1.54) is 32.1 Å². The van der Waals surface area contributed by atoms with Gasteiger partial charge in [-0.15, -0.1) is 0 Å². The molecule has 1 saturated carbocycles. The van der Waals surface area contributed by atoms with Gasteiger partial charge in [0, 0.05) is 18.4 Å². The Hall–Kier alpha value is -1.38. The molecule has 2 rings (SSSR count). The summed E-state index contributed by atoms with van der Waals surface area (Å²) in [5.74, 6) is 1.08. The van der Waals surface area contributed by atoms with E-state index in [1.807, 2.05) is 12.1 Å². The van der Waals surface area contributed by atoms with Crippen molar-refractivity contribution in [2.24, 2.45) is 5.92 Å². The predicted molar refractivity (Wildman–Crippen MR) is 77.2 cm³/mol. The summed E-state index contributed by atoms with van der Waals surface area (Å²) in [5, 5.41) is 3.04. The first-order valence-electron chi connectivity index (χ1n) is 7.41. The molecule has 0 radical (unpaired) electrons. The summed E-state index contributed by atoms with van der Waals surface area (Å²) in [4.78, 5) is 16.4. The molecule has 104 valence electrons. The maximum absolute atomic E-state index is 12.0. The molecule has 1 N–H and O–H groups in total. The molecule has 19 heavy (non-hydrogen) atoms. The summed E-state index contributed by atoms with van der Waals surface area (Å²) in [6, 6.07) is 3.82. The molecule has 1 amide bonds. The van der Waals surface area contributed by atoms with E-state index in [2.05, 4.69) is 24.1 Å². The van der Waals surface area contributed by atoms with E-state index < -0.39 is 0 Å². The van der Waals surface area contributed by atoms with Crippen LogP contribution >= 0.6 is 0 Å². The molecule has 0 atom stereocenters. The number of aromatic nitrogens is 1. The van der Waals surface area contributed by atoms with Crippen LogP contribution in [0.3, 0.4) is 0 Å². The number of hydrogen-bond acceptors (Lipinski definition) is 2. The summed E-state index contributed by atoms with van der Waals surface area (Å²) >= 11 is 0. The quantitative estimate of drug-likeness (QED) is 0.900. The van der Waals surface area contributed by atoms with Gasteiger partial charge < -0.3 is 5.32 Å². The lowest BCUT2D eigenvalue weighted by Crippen LogP contribution is -2.30. The molecule has 0 unspecified atom stereocenters. The van der Waals surface area contributed by atoms with E-state index in [0.29, 0.717) is 17.4 Å². The normalized spacial score (nSPS) is 16.6. The third kappa shape index (κ3) is 4.05. The van der Waals surface area contributed by atoms with E-state index >= 15 is 0 Å². The first-order chi connectivity index (χ1) is 9.16. The van der Waals surface area contributed by atoms with Gasteiger partial charge >= 0.3 is 0 Å². The number of rotatable bonds is 4. The second-order valence-corrected chi connectivity index (χ2v) is 5.84. The molecular formula is C16H24N2O. The molecular weight excluding hydrogens is 236 g/mol. The first kappa shape index (κ1) is 14.0. The molecule has 0 saturated heterocycles. The minimum atomic E-state index is 0.00776. The van der Waals surface area contributed by atoms with Crippen molar-refractivity contribution in [1.29, 1.82) is 0 Å². The van der Waals surface area contributed by atoms with E-state index in [4.69, 9.17) is 0 Å². The molecule has 3 nitrogen and oxygen atoms in total. The van der Waals surface area contributed by atoms with Gasteiger partial charge in [-0.1, -0.05) is 33.1 Å². The van der Waals surface area contributed by atoms with Gasteiger partial charge in [-0.3, -0.25) is 9.78 Å². The first-order valence-corrected chi connectivity index (χ1v) is 7.41. The highest BCUT2D eigenvalue weighted by molar-refractivity contribution is 5.93. The average Bonchev–Trinajstić information content (AvgIpc) is 2.46. The van der Waals surface area contributed by atoms with Crippen LogP contribution < -0.4 is 5.32 Å². The lowest BCUT2D eigenvalue weighted by Gasteiger charge is -2.21. The van der Waals surface area contributed by atoms with Crippen LogP contribution in [0.4, 0.5) is 0 Å². The molecule has 0 aromatic carbocycles. The molecule has 1 aliphatic rings. The van der Waals surface area contributed by atoms with Crippen LogP contribution in [-0.2, 0) is 0 Å². The topological polar surface area (TPSA) is 42.0 Å². The largest absolute Gasteiger partial charge is 0.352 e. The lowest BCUT2D eigenvalue weighted by atomic mass is 9.89. The number of nitrogens with one attached hydrogen (secondary N) is 1. The van der Waals surface area contributed by atoms with Gasteiger partial charge in [-0.2, -0.15) is 0 Å². The average molecular weight is 260 g/mol. The Balaban J connectivity index is 1.85. The van der Waals surface area contributed by atoms with Crippen molar-refractivity contribution in [3.8, 4) is 0 Å². The number of amides is 1. The van der Waals surface area contributed by atoms with Gasteiger partial charge in [0.1, 0.15) is 0 Å². The van der Waals surface area contributed by atoms with Gasteiger partial charge in [0.25, 0.3) is 5.91 Å². The smallest absolute Gasteiger partial charge is 0.252 e. The Morgan fingerprint density at radius 1 is 1.32 bits per heavy atom. The predicted octanol–water partition coefficient (Wildman–Crippen LogP) is 3.52. The van der Waals surface area contributed by atoms with Crippen molar-refractivity contribution in [1.82, 2.24) is 10.3 Å². The van der Waals surface area contributed by atoms with Gasteiger partial charge in [0.05, 0.1) is 5.56 Å². The maximum Gasteiger partial charge on any atom is 0.252 e. The minimum absolute atomic E-state index is 0.00776. The summed E-state index contributed by atoms with van der Waals surface area (Å²) in [6.07, 6.45) is 8.17. The number of nitrogens with zero attached hydrogens (tertiary/aromatic N) is 1. The molecule has 1 aliphatic carbocycles. The van der Waals surface area contributed by atoms with Crippen molar-refractivity contribution < 1.29 is 4.79 Å². The molecule has 1 fully saturated rings. The highest BCUT2D eigenvalue weighted by Crippen LogP contribution is 2.22. The zero-order valence-electron chi connectivity index (χ0n) is 12.0. The maximum atomic E-state index is 12.0. The summed E-state index contributed by atoms with van der Waals surface area (Å²) in [7, 11) is 0. The zero-order valence-corrected chi connectivity index (χ0v) is 12.0. The van der Waals surface area contributed by atoms with Gasteiger partial charge in [0.2, 0.25) is 0 Å². The second kappa shape index (κ2) is 6.69. The fourth-order valence-corrected chi connectivity index (χ4v) is 2.61. The van der Waals surface area contributed by atoms with Gasteiger partial charge in [-0.25, -0.2) is 0 Å². The van der Waals surface area contributed by atoms with Crippen LogP contribution in [0.1, 0.15) is 67.9 Å². The monoisotopic (exact) mass is 260 g/mol.